The van der Waals surface area contributed by atoms with Crippen LogP contribution in [0.4, 0.5) is 0 Å². The summed E-state index contributed by atoms with van der Waals surface area (Å²) in [6.07, 6.45) is 17.9. The summed E-state index contributed by atoms with van der Waals surface area (Å²) in [6.45, 7) is 2.26. The zero-order chi connectivity index (χ0) is 19.1. The van der Waals surface area contributed by atoms with Gasteiger partial charge < -0.3 is 4.52 Å². The Labute approximate surface area is 159 Å². The Morgan fingerprint density at radius 2 is 1.23 bits per heavy atom. The van der Waals surface area contributed by atoms with Gasteiger partial charge in [0.1, 0.15) is 5.75 Å². The first-order chi connectivity index (χ1) is 12.5. The number of hydrogen-bond acceptors (Lipinski definition) is 2. The van der Waals surface area contributed by atoms with Crippen LogP contribution in [0.3, 0.4) is 0 Å². The highest BCUT2D eigenvalue weighted by Crippen LogP contribution is 2.39. The molecule has 0 aliphatic carbocycles. The smallest absolute Gasteiger partial charge is 0.404 e. The summed E-state index contributed by atoms with van der Waals surface area (Å²) in [6, 6.07) is 7.12. The highest BCUT2D eigenvalue weighted by molar-refractivity contribution is 7.46. The molecule has 0 saturated carbocycles. The average molecular weight is 384 g/mol. The Morgan fingerprint density at radius 3 is 1.73 bits per heavy atom. The quantitative estimate of drug-likeness (QED) is 0.243. The summed E-state index contributed by atoms with van der Waals surface area (Å²) >= 11 is 0. The lowest BCUT2D eigenvalue weighted by atomic mass is 10.0. The predicted molar refractivity (Wildman–Crippen MR) is 109 cm³/mol. The van der Waals surface area contributed by atoms with E-state index in [0.29, 0.717) is 5.75 Å². The standard InChI is InChI=1S/C21H37O4P/c1-2-3-4-5-6-7-8-9-10-11-12-13-14-17-20-18-15-16-19-21(20)25-26(22,23)24/h15-16,18-19H,2-14,17H2,1H3,(H2,22,23,24). The molecule has 0 atom stereocenters. The monoisotopic (exact) mass is 384 g/mol. The number of aryl methyl sites for hydroxylation is 1. The molecule has 0 aromatic heterocycles. The maximum atomic E-state index is 11.0. The molecule has 0 saturated heterocycles. The number of rotatable bonds is 16. The summed E-state index contributed by atoms with van der Waals surface area (Å²) in [5.41, 5.74) is 0.874. The maximum absolute atomic E-state index is 11.0. The van der Waals surface area contributed by atoms with Crippen molar-refractivity contribution in [2.45, 2.75) is 96.8 Å². The minimum atomic E-state index is -4.49. The van der Waals surface area contributed by atoms with E-state index in [0.717, 1.165) is 24.8 Å². The Bertz CT molecular complexity index is 512. The Balaban J connectivity index is 2.02. The van der Waals surface area contributed by atoms with Crippen LogP contribution in [0.1, 0.15) is 96.0 Å². The van der Waals surface area contributed by atoms with Crippen molar-refractivity contribution in [2.24, 2.45) is 0 Å². The molecule has 0 heterocycles. The van der Waals surface area contributed by atoms with Crippen molar-refractivity contribution in [3.8, 4) is 5.75 Å². The highest BCUT2D eigenvalue weighted by Gasteiger charge is 2.17. The van der Waals surface area contributed by atoms with Crippen LogP contribution >= 0.6 is 7.82 Å². The molecule has 0 aliphatic rings. The second-order valence-corrected chi connectivity index (χ2v) is 8.35. The molecule has 26 heavy (non-hydrogen) atoms. The van der Waals surface area contributed by atoms with E-state index >= 15 is 0 Å². The number of phosphoric ester groups is 1. The molecule has 1 aromatic carbocycles. The molecule has 2 N–H and O–H groups in total. The van der Waals surface area contributed by atoms with Gasteiger partial charge in [-0.05, 0) is 24.5 Å². The molecule has 4 nitrogen and oxygen atoms in total. The van der Waals surface area contributed by atoms with Crippen LogP contribution in [0.2, 0.25) is 0 Å². The minimum absolute atomic E-state index is 0.305. The van der Waals surface area contributed by atoms with Crippen LogP contribution in [0.25, 0.3) is 0 Å². The SMILES string of the molecule is CCCCCCCCCCCCCCCc1ccccc1OP(=O)(O)O. The van der Waals surface area contributed by atoms with E-state index in [1.54, 1.807) is 12.1 Å². The molecule has 0 radical (unpaired) electrons. The van der Waals surface area contributed by atoms with Gasteiger partial charge in [0.2, 0.25) is 0 Å². The van der Waals surface area contributed by atoms with Gasteiger partial charge in [0.15, 0.2) is 0 Å². The summed E-state index contributed by atoms with van der Waals surface area (Å²) in [5.74, 6) is 0.305. The van der Waals surface area contributed by atoms with E-state index in [9.17, 15) is 4.57 Å². The van der Waals surface area contributed by atoms with Gasteiger partial charge in [0.05, 0.1) is 0 Å². The van der Waals surface area contributed by atoms with Crippen molar-refractivity contribution in [3.05, 3.63) is 29.8 Å². The van der Waals surface area contributed by atoms with Crippen molar-refractivity contribution in [3.63, 3.8) is 0 Å². The van der Waals surface area contributed by atoms with Gasteiger partial charge in [-0.1, -0.05) is 102 Å². The van der Waals surface area contributed by atoms with Gasteiger partial charge in [-0.2, -0.15) is 0 Å². The summed E-state index contributed by atoms with van der Waals surface area (Å²) in [4.78, 5) is 17.9. The number of phosphoric acid groups is 1. The molecule has 0 amide bonds. The lowest BCUT2D eigenvalue weighted by molar-refractivity contribution is 0.282. The molecule has 0 bridgehead atoms. The van der Waals surface area contributed by atoms with Gasteiger partial charge in [0, 0.05) is 0 Å². The van der Waals surface area contributed by atoms with Crippen molar-refractivity contribution in [2.75, 3.05) is 0 Å². The van der Waals surface area contributed by atoms with Crippen LogP contribution in [0, 0.1) is 0 Å². The number of para-hydroxylation sites is 1. The second kappa shape index (κ2) is 14.3. The van der Waals surface area contributed by atoms with Crippen LogP contribution in [-0.2, 0) is 11.0 Å². The number of hydrogen-bond donors (Lipinski definition) is 2. The first-order valence-electron chi connectivity index (χ1n) is 10.4. The molecule has 0 aliphatic heterocycles. The highest BCUT2D eigenvalue weighted by atomic mass is 31.2. The fraction of sp³-hybridized carbons (Fsp3) is 0.714. The fourth-order valence-electron chi connectivity index (χ4n) is 3.26. The summed E-state index contributed by atoms with van der Waals surface area (Å²) in [7, 11) is -4.49. The van der Waals surface area contributed by atoms with Crippen molar-refractivity contribution in [1.82, 2.24) is 0 Å². The fourth-order valence-corrected chi connectivity index (χ4v) is 3.70. The molecule has 5 heteroatoms. The van der Waals surface area contributed by atoms with Crippen LogP contribution in [0.5, 0.6) is 5.75 Å². The minimum Gasteiger partial charge on any atom is -0.404 e. The van der Waals surface area contributed by atoms with Crippen molar-refractivity contribution in [1.29, 1.82) is 0 Å². The Kier molecular flexibility index (Phi) is 12.7. The Morgan fingerprint density at radius 1 is 0.769 bits per heavy atom. The van der Waals surface area contributed by atoms with Crippen LogP contribution in [0.15, 0.2) is 24.3 Å². The van der Waals surface area contributed by atoms with E-state index in [4.69, 9.17) is 14.3 Å². The molecule has 150 valence electrons. The molecular weight excluding hydrogens is 347 g/mol. The number of benzene rings is 1. The van der Waals surface area contributed by atoms with E-state index in [1.807, 2.05) is 12.1 Å². The van der Waals surface area contributed by atoms with Crippen LogP contribution in [-0.4, -0.2) is 9.79 Å². The van der Waals surface area contributed by atoms with Gasteiger partial charge in [-0.15, -0.1) is 0 Å². The third kappa shape index (κ3) is 12.5. The largest absolute Gasteiger partial charge is 0.524 e. The second-order valence-electron chi connectivity index (χ2n) is 7.18. The molecule has 1 aromatic rings. The molecule has 1 rings (SSSR count). The third-order valence-electron chi connectivity index (χ3n) is 4.74. The zero-order valence-electron chi connectivity index (χ0n) is 16.4. The summed E-state index contributed by atoms with van der Waals surface area (Å²) < 4.78 is 15.8. The molecule has 0 spiro atoms. The average Bonchev–Trinajstić information content (AvgIpc) is 2.59. The zero-order valence-corrected chi connectivity index (χ0v) is 17.3. The lowest BCUT2D eigenvalue weighted by Gasteiger charge is -2.11. The van der Waals surface area contributed by atoms with Gasteiger partial charge in [-0.25, -0.2) is 4.57 Å². The third-order valence-corrected chi connectivity index (χ3v) is 5.17. The van der Waals surface area contributed by atoms with Gasteiger partial charge in [-0.3, -0.25) is 9.79 Å². The van der Waals surface area contributed by atoms with Crippen molar-refractivity contribution < 1.29 is 18.9 Å². The predicted octanol–water partition coefficient (Wildman–Crippen LogP) is 6.79. The lowest BCUT2D eigenvalue weighted by Crippen LogP contribution is -1.95. The van der Waals surface area contributed by atoms with E-state index < -0.39 is 7.82 Å². The Hall–Kier alpha value is -0.830. The molecular formula is C21H37O4P. The van der Waals surface area contributed by atoms with E-state index in [1.165, 1.54) is 70.6 Å². The first kappa shape index (κ1) is 23.2. The molecule has 0 unspecified atom stereocenters. The van der Waals surface area contributed by atoms with Crippen molar-refractivity contribution >= 4 is 7.82 Å². The molecule has 0 fully saturated rings. The van der Waals surface area contributed by atoms with Crippen LogP contribution < -0.4 is 4.52 Å². The summed E-state index contributed by atoms with van der Waals surface area (Å²) in [5, 5.41) is 0. The van der Waals surface area contributed by atoms with Gasteiger partial charge in [0.25, 0.3) is 0 Å². The van der Waals surface area contributed by atoms with E-state index in [-0.39, 0.29) is 0 Å². The topological polar surface area (TPSA) is 66.8 Å². The van der Waals surface area contributed by atoms with Gasteiger partial charge >= 0.3 is 7.82 Å². The number of unbranched alkanes of at least 4 members (excludes halogenated alkanes) is 12. The first-order valence-corrected chi connectivity index (χ1v) is 11.9. The van der Waals surface area contributed by atoms with E-state index in [2.05, 4.69) is 6.92 Å². The maximum Gasteiger partial charge on any atom is 0.524 e. The normalized spacial score (nSPS) is 11.7.